The van der Waals surface area contributed by atoms with Crippen molar-refractivity contribution in [2.75, 3.05) is 42.6 Å². The standard InChI is InChI=1S/C40H54N6O5Si/c1-27(2)11-10-12-28(3)17-21-46-35-16-15-31(45-22-19-41-24-37(45)48)23-33(35)40(39(46)49)29(4)38(52(5,6)50)36(51-40)18-20-44-25-34(42-43-44)32(26-47)30-13-8-7-9-14-30/h7-9,11,13-17,23,25,29,32,36,38,41,47,50H,10,12,18-22,24,26H2,1-6H3/b28-17+/t29-,32?,36+,38-,40+/m0/s1. The quantitative estimate of drug-likeness (QED) is 0.161. The van der Waals surface area contributed by atoms with E-state index in [-0.39, 0.29) is 42.3 Å². The highest BCUT2D eigenvalue weighted by Gasteiger charge is 2.66. The number of fused-ring (bicyclic) bond motifs is 2. The van der Waals surface area contributed by atoms with Gasteiger partial charge in [-0.15, -0.1) is 5.10 Å². The number of aliphatic hydroxyl groups is 1. The van der Waals surface area contributed by atoms with Gasteiger partial charge in [-0.05, 0) is 76.9 Å². The molecule has 3 N–H and O–H groups in total. The van der Waals surface area contributed by atoms with Gasteiger partial charge >= 0.3 is 0 Å². The van der Waals surface area contributed by atoms with Gasteiger partial charge in [0.15, 0.2) is 13.9 Å². The average molecular weight is 727 g/mol. The summed E-state index contributed by atoms with van der Waals surface area (Å²) >= 11 is 0. The molecule has 52 heavy (non-hydrogen) atoms. The summed E-state index contributed by atoms with van der Waals surface area (Å²) in [6.07, 6.45) is 8.15. The molecule has 2 fully saturated rings. The van der Waals surface area contributed by atoms with Crippen LogP contribution in [0.15, 0.2) is 78.0 Å². The Bertz CT molecular complexity index is 1820. The van der Waals surface area contributed by atoms with Crippen LogP contribution in [0.1, 0.15) is 69.7 Å². The summed E-state index contributed by atoms with van der Waals surface area (Å²) in [7, 11) is -2.90. The van der Waals surface area contributed by atoms with Crippen molar-refractivity contribution in [2.45, 2.75) is 89.8 Å². The Balaban J connectivity index is 1.32. The number of amides is 2. The van der Waals surface area contributed by atoms with E-state index in [4.69, 9.17) is 4.74 Å². The molecule has 0 radical (unpaired) electrons. The van der Waals surface area contributed by atoms with Gasteiger partial charge in [0.1, 0.15) is 0 Å². The summed E-state index contributed by atoms with van der Waals surface area (Å²) in [5.41, 5.74) is 4.84. The molecular formula is C40H54N6O5Si. The molecule has 0 bridgehead atoms. The molecule has 6 rings (SSSR count). The lowest BCUT2D eigenvalue weighted by Crippen LogP contribution is -2.48. The fourth-order valence-electron chi connectivity index (χ4n) is 8.40. The van der Waals surface area contributed by atoms with E-state index in [0.29, 0.717) is 38.3 Å². The fourth-order valence-corrected chi connectivity index (χ4v) is 11.0. The number of hydrogen-bond acceptors (Lipinski definition) is 8. The van der Waals surface area contributed by atoms with Gasteiger partial charge in [0, 0.05) is 55.1 Å². The number of carbonyl (C=O) groups excluding carboxylic acids is 2. The molecule has 2 amide bonds. The van der Waals surface area contributed by atoms with Gasteiger partial charge in [0.2, 0.25) is 5.91 Å². The molecule has 0 saturated carbocycles. The smallest absolute Gasteiger partial charge is 0.264 e. The highest BCUT2D eigenvalue weighted by Crippen LogP contribution is 2.60. The van der Waals surface area contributed by atoms with E-state index in [1.165, 1.54) is 11.1 Å². The number of ether oxygens (including phenoxy) is 1. The highest BCUT2D eigenvalue weighted by molar-refractivity contribution is 6.71. The molecule has 1 spiro atoms. The number of nitrogens with one attached hydrogen (secondary N) is 1. The Labute approximate surface area is 308 Å². The number of hydrogen-bond donors (Lipinski definition) is 3. The van der Waals surface area contributed by atoms with Crippen LogP contribution in [0.2, 0.25) is 18.6 Å². The Morgan fingerprint density at radius 3 is 2.60 bits per heavy atom. The number of rotatable bonds is 13. The summed E-state index contributed by atoms with van der Waals surface area (Å²) in [6, 6.07) is 15.6. The largest absolute Gasteiger partial charge is 0.432 e. The normalized spacial score (nSPS) is 24.2. The Hall–Kier alpha value is -3.94. The minimum atomic E-state index is -2.90. The molecule has 0 aliphatic carbocycles. The maximum atomic E-state index is 15.0. The van der Waals surface area contributed by atoms with Crippen LogP contribution in [0.4, 0.5) is 11.4 Å². The zero-order valence-electron chi connectivity index (χ0n) is 31.4. The van der Waals surface area contributed by atoms with Crippen molar-refractivity contribution in [2.24, 2.45) is 5.92 Å². The van der Waals surface area contributed by atoms with Crippen LogP contribution >= 0.6 is 0 Å². The lowest BCUT2D eigenvalue weighted by molar-refractivity contribution is -0.145. The second kappa shape index (κ2) is 15.6. The first-order valence-electron chi connectivity index (χ1n) is 18.6. The predicted molar refractivity (Wildman–Crippen MR) is 206 cm³/mol. The van der Waals surface area contributed by atoms with Crippen molar-refractivity contribution in [1.82, 2.24) is 20.3 Å². The lowest BCUT2D eigenvalue weighted by atomic mass is 9.82. The predicted octanol–water partition coefficient (Wildman–Crippen LogP) is 5.27. The zero-order chi connectivity index (χ0) is 37.2. The third kappa shape index (κ3) is 7.45. The number of anilines is 2. The van der Waals surface area contributed by atoms with Crippen LogP contribution in [-0.2, 0) is 26.5 Å². The molecule has 1 aromatic heterocycles. The SMILES string of the molecule is CC(C)=CCC/C(C)=C/CN1C(=O)[C@]2(O[C@H](CCn3cc(C(CO)c4ccccc4)nn3)[C@@H]([Si](C)(C)O)[C@@H]2C)c2cc(N3CCNCC3=O)ccc21. The zero-order valence-corrected chi connectivity index (χ0v) is 32.4. The van der Waals surface area contributed by atoms with E-state index in [1.807, 2.05) is 79.6 Å². The molecule has 1 unspecified atom stereocenters. The van der Waals surface area contributed by atoms with Crippen molar-refractivity contribution in [3.63, 3.8) is 0 Å². The number of aromatic nitrogens is 3. The molecule has 12 heteroatoms. The molecule has 3 aromatic rings. The number of piperazine rings is 1. The second-order valence-electron chi connectivity index (χ2n) is 15.4. The third-order valence-electron chi connectivity index (χ3n) is 11.0. The van der Waals surface area contributed by atoms with Crippen LogP contribution in [0.5, 0.6) is 0 Å². The summed E-state index contributed by atoms with van der Waals surface area (Å²) < 4.78 is 8.86. The van der Waals surface area contributed by atoms with Gasteiger partial charge in [-0.25, -0.2) is 0 Å². The molecular weight excluding hydrogens is 673 g/mol. The number of carbonyl (C=O) groups is 2. The molecule has 11 nitrogen and oxygen atoms in total. The van der Waals surface area contributed by atoms with Gasteiger partial charge in [0.05, 0.1) is 36.6 Å². The number of aryl methyl sites for hydroxylation is 1. The fraction of sp³-hybridized carbons (Fsp3) is 0.500. The van der Waals surface area contributed by atoms with E-state index in [2.05, 4.69) is 48.6 Å². The van der Waals surface area contributed by atoms with E-state index in [1.54, 1.807) is 9.58 Å². The van der Waals surface area contributed by atoms with Crippen molar-refractivity contribution in [3.8, 4) is 0 Å². The van der Waals surface area contributed by atoms with E-state index >= 15 is 0 Å². The van der Waals surface area contributed by atoms with Crippen LogP contribution in [0.25, 0.3) is 0 Å². The van der Waals surface area contributed by atoms with Crippen LogP contribution in [-0.4, -0.2) is 83.9 Å². The molecule has 278 valence electrons. The topological polar surface area (TPSA) is 133 Å². The third-order valence-corrected chi connectivity index (χ3v) is 13.5. The Morgan fingerprint density at radius 2 is 1.90 bits per heavy atom. The van der Waals surface area contributed by atoms with E-state index < -0.39 is 20.0 Å². The van der Waals surface area contributed by atoms with Gasteiger partial charge in [-0.1, -0.05) is 65.8 Å². The van der Waals surface area contributed by atoms with Crippen LogP contribution < -0.4 is 15.1 Å². The van der Waals surface area contributed by atoms with E-state index in [0.717, 1.165) is 35.3 Å². The monoisotopic (exact) mass is 726 g/mol. The Kier molecular flexibility index (Phi) is 11.3. The van der Waals surface area contributed by atoms with Crippen molar-refractivity contribution < 1.29 is 24.2 Å². The minimum Gasteiger partial charge on any atom is -0.432 e. The molecule has 2 saturated heterocycles. The van der Waals surface area contributed by atoms with Gasteiger partial charge in [0.25, 0.3) is 5.91 Å². The number of benzene rings is 2. The number of aliphatic hydroxyl groups excluding tert-OH is 1. The molecule has 3 aliphatic rings. The summed E-state index contributed by atoms with van der Waals surface area (Å²) in [4.78, 5) is 43.4. The Morgan fingerprint density at radius 1 is 1.13 bits per heavy atom. The van der Waals surface area contributed by atoms with Crippen molar-refractivity contribution in [3.05, 3.63) is 94.8 Å². The van der Waals surface area contributed by atoms with Crippen molar-refractivity contribution >= 4 is 31.5 Å². The maximum absolute atomic E-state index is 15.0. The average Bonchev–Trinajstić information content (AvgIpc) is 3.76. The highest BCUT2D eigenvalue weighted by atomic mass is 28.4. The minimum absolute atomic E-state index is 0.0145. The first kappa shape index (κ1) is 37.8. The second-order valence-corrected chi connectivity index (χ2v) is 19.4. The van der Waals surface area contributed by atoms with E-state index in [9.17, 15) is 19.5 Å². The first-order valence-corrected chi connectivity index (χ1v) is 21.6. The van der Waals surface area contributed by atoms with Gasteiger partial charge in [-0.2, -0.15) is 0 Å². The molecule has 3 aliphatic heterocycles. The number of nitrogens with zero attached hydrogens (tertiary/aromatic N) is 5. The van der Waals surface area contributed by atoms with Crippen molar-refractivity contribution in [1.29, 1.82) is 0 Å². The van der Waals surface area contributed by atoms with Crippen LogP contribution in [0, 0.1) is 5.92 Å². The molecule has 4 heterocycles. The first-order chi connectivity index (χ1) is 24.8. The summed E-state index contributed by atoms with van der Waals surface area (Å²) in [5, 5.41) is 22.1. The summed E-state index contributed by atoms with van der Waals surface area (Å²) in [5.74, 6) is -0.771. The maximum Gasteiger partial charge on any atom is 0.264 e. The van der Waals surface area contributed by atoms with Gasteiger partial charge < -0.3 is 29.8 Å². The van der Waals surface area contributed by atoms with Gasteiger partial charge in [-0.3, -0.25) is 14.3 Å². The molecule has 5 atom stereocenters. The molecule has 2 aromatic carbocycles. The van der Waals surface area contributed by atoms with Crippen LogP contribution in [0.3, 0.4) is 0 Å². The lowest BCUT2D eigenvalue weighted by Gasteiger charge is -2.33. The summed E-state index contributed by atoms with van der Waals surface area (Å²) in [6.45, 7) is 14.5. The number of allylic oxidation sites excluding steroid dienone is 3.